The zero-order valence-corrected chi connectivity index (χ0v) is 20.8. The van der Waals surface area contributed by atoms with E-state index in [9.17, 15) is 14.7 Å². The predicted molar refractivity (Wildman–Crippen MR) is 139 cm³/mol. The maximum Gasteiger partial charge on any atom is 0.317 e. The van der Waals surface area contributed by atoms with Crippen molar-refractivity contribution in [1.29, 1.82) is 5.26 Å². The van der Waals surface area contributed by atoms with Gasteiger partial charge in [-0.25, -0.2) is 9.78 Å². The number of hydrogen-bond donors (Lipinski definition) is 2. The number of aromatic nitrogens is 2. The highest BCUT2D eigenvalue weighted by Crippen LogP contribution is 2.51. The summed E-state index contributed by atoms with van der Waals surface area (Å²) in [5.41, 5.74) is 1.12. The molecular formula is C29H31N5O3. The zero-order chi connectivity index (χ0) is 25.9. The highest BCUT2D eigenvalue weighted by atomic mass is 16.3. The Bertz CT molecular complexity index is 1370. The summed E-state index contributed by atoms with van der Waals surface area (Å²) in [6, 6.07) is 20.2. The second-order valence-electron chi connectivity index (χ2n) is 10.3. The largest absolute Gasteiger partial charge is 0.387 e. The van der Waals surface area contributed by atoms with Crippen molar-refractivity contribution < 1.29 is 9.90 Å². The van der Waals surface area contributed by atoms with E-state index in [-0.39, 0.29) is 18.1 Å². The lowest BCUT2D eigenvalue weighted by molar-refractivity contribution is -0.135. The lowest BCUT2D eigenvalue weighted by Crippen LogP contribution is -2.63. The van der Waals surface area contributed by atoms with Crippen molar-refractivity contribution in [3.63, 3.8) is 0 Å². The summed E-state index contributed by atoms with van der Waals surface area (Å²) in [4.78, 5) is 32.3. The normalized spacial score (nSPS) is 20.5. The van der Waals surface area contributed by atoms with Gasteiger partial charge in [-0.1, -0.05) is 55.3 Å². The van der Waals surface area contributed by atoms with Crippen LogP contribution in [0.25, 0.3) is 11.3 Å². The molecule has 1 atom stereocenters. The molecule has 2 N–H and O–H groups in total. The van der Waals surface area contributed by atoms with Gasteiger partial charge in [-0.15, -0.1) is 0 Å². The summed E-state index contributed by atoms with van der Waals surface area (Å²) in [5, 5.41) is 24.0. The first-order chi connectivity index (χ1) is 17.9. The van der Waals surface area contributed by atoms with Crippen LogP contribution in [0.15, 0.2) is 71.8 Å². The molecule has 3 aromatic rings. The van der Waals surface area contributed by atoms with E-state index in [1.165, 1.54) is 17.0 Å². The number of amides is 2. The summed E-state index contributed by atoms with van der Waals surface area (Å²) < 4.78 is 1.50. The number of carbonyl (C=O) groups excluding carboxylic acids is 1. The quantitative estimate of drug-likeness (QED) is 0.559. The number of aliphatic hydroxyl groups is 1. The van der Waals surface area contributed by atoms with Crippen molar-refractivity contribution in [2.45, 2.75) is 50.8 Å². The van der Waals surface area contributed by atoms with E-state index in [0.717, 1.165) is 36.8 Å². The fourth-order valence-corrected chi connectivity index (χ4v) is 5.91. The van der Waals surface area contributed by atoms with Gasteiger partial charge in [0.25, 0.3) is 5.56 Å². The number of rotatable bonds is 5. The standard InChI is InChI=1S/C29H31N5O3/c30-17-22-7-6-8-23(15-22)18-31-27(36)33-14-13-29(37,28(19-33)11-4-5-12-28)20-34-21-32-25(16-26(34)35)24-9-2-1-3-10-24/h1-3,6-10,15-16,21,37H,4-5,11-14,18-20H2,(H,31,36). The average Bonchev–Trinajstić information content (AvgIpc) is 3.41. The monoisotopic (exact) mass is 497 g/mol. The number of urea groups is 1. The van der Waals surface area contributed by atoms with E-state index in [4.69, 9.17) is 5.26 Å². The molecule has 190 valence electrons. The van der Waals surface area contributed by atoms with Gasteiger partial charge in [0.1, 0.15) is 0 Å². The molecule has 2 aliphatic rings. The molecule has 2 aromatic carbocycles. The highest BCUT2D eigenvalue weighted by molar-refractivity contribution is 5.74. The zero-order valence-electron chi connectivity index (χ0n) is 20.8. The van der Waals surface area contributed by atoms with Crippen molar-refractivity contribution in [2.75, 3.05) is 13.1 Å². The molecule has 1 saturated carbocycles. The first-order valence-corrected chi connectivity index (χ1v) is 12.8. The molecule has 8 nitrogen and oxygen atoms in total. The first kappa shape index (κ1) is 24.7. The van der Waals surface area contributed by atoms with Crippen LogP contribution in [-0.4, -0.2) is 44.3 Å². The maximum atomic E-state index is 13.1. The van der Waals surface area contributed by atoms with E-state index in [1.807, 2.05) is 36.4 Å². The van der Waals surface area contributed by atoms with E-state index in [0.29, 0.717) is 37.3 Å². The van der Waals surface area contributed by atoms with Crippen LogP contribution >= 0.6 is 0 Å². The van der Waals surface area contributed by atoms with E-state index >= 15 is 0 Å². The molecule has 5 rings (SSSR count). The Hall–Kier alpha value is -3.96. The molecule has 1 unspecified atom stereocenters. The van der Waals surface area contributed by atoms with Crippen LogP contribution in [0.3, 0.4) is 0 Å². The van der Waals surface area contributed by atoms with Gasteiger partial charge in [0.05, 0.1) is 35.8 Å². The minimum atomic E-state index is -1.11. The molecular weight excluding hydrogens is 466 g/mol. The summed E-state index contributed by atoms with van der Waals surface area (Å²) in [5.74, 6) is 0. The Morgan fingerprint density at radius 1 is 1.08 bits per heavy atom. The van der Waals surface area contributed by atoms with Crippen molar-refractivity contribution in [3.05, 3.63) is 88.5 Å². The molecule has 2 amide bonds. The Kier molecular flexibility index (Phi) is 6.81. The Morgan fingerprint density at radius 2 is 1.86 bits per heavy atom. The number of carbonyl (C=O) groups is 1. The summed E-state index contributed by atoms with van der Waals surface area (Å²) in [7, 11) is 0. The van der Waals surface area contributed by atoms with Crippen LogP contribution in [0.4, 0.5) is 4.79 Å². The second-order valence-corrected chi connectivity index (χ2v) is 10.3. The number of nitrogens with one attached hydrogen (secondary N) is 1. The lowest BCUT2D eigenvalue weighted by atomic mass is 9.66. The number of likely N-dealkylation sites (tertiary alicyclic amines) is 1. The van der Waals surface area contributed by atoms with Crippen LogP contribution in [0.1, 0.15) is 43.2 Å². The Morgan fingerprint density at radius 3 is 2.59 bits per heavy atom. The average molecular weight is 498 g/mol. The van der Waals surface area contributed by atoms with Crippen molar-refractivity contribution in [1.82, 2.24) is 19.8 Å². The third-order valence-electron chi connectivity index (χ3n) is 8.00. The van der Waals surface area contributed by atoms with Gasteiger partial charge in [0.2, 0.25) is 0 Å². The van der Waals surface area contributed by atoms with Gasteiger partial charge in [-0.2, -0.15) is 5.26 Å². The number of piperidine rings is 1. The third kappa shape index (κ3) is 5.00. The van der Waals surface area contributed by atoms with Crippen molar-refractivity contribution >= 4 is 6.03 Å². The minimum Gasteiger partial charge on any atom is -0.387 e. The number of benzene rings is 2. The molecule has 0 radical (unpaired) electrons. The fourth-order valence-electron chi connectivity index (χ4n) is 5.91. The third-order valence-corrected chi connectivity index (χ3v) is 8.00. The SMILES string of the molecule is N#Cc1cccc(CNC(=O)N2CCC(O)(Cn3cnc(-c4ccccc4)cc3=O)C3(CCCC3)C2)c1. The molecule has 2 heterocycles. The van der Waals surface area contributed by atoms with Gasteiger partial charge < -0.3 is 15.3 Å². The predicted octanol–water partition coefficient (Wildman–Crippen LogP) is 3.69. The molecule has 8 heteroatoms. The van der Waals surface area contributed by atoms with Crippen LogP contribution in [-0.2, 0) is 13.1 Å². The van der Waals surface area contributed by atoms with Gasteiger partial charge in [0, 0.05) is 36.7 Å². The van der Waals surface area contributed by atoms with Gasteiger partial charge in [-0.05, 0) is 37.0 Å². The molecule has 2 fully saturated rings. The van der Waals surface area contributed by atoms with Crippen molar-refractivity contribution in [3.8, 4) is 17.3 Å². The molecule has 1 aliphatic carbocycles. The molecule has 1 aliphatic heterocycles. The lowest BCUT2D eigenvalue weighted by Gasteiger charge is -2.52. The Labute approximate surface area is 216 Å². The fraction of sp³-hybridized carbons (Fsp3) is 0.379. The number of nitriles is 1. The topological polar surface area (TPSA) is 111 Å². The molecule has 1 aromatic heterocycles. The van der Waals surface area contributed by atoms with Gasteiger partial charge in [-0.3, -0.25) is 9.36 Å². The smallest absolute Gasteiger partial charge is 0.317 e. The van der Waals surface area contributed by atoms with Crippen LogP contribution < -0.4 is 10.9 Å². The highest BCUT2D eigenvalue weighted by Gasteiger charge is 2.55. The molecule has 1 spiro atoms. The molecule has 0 bridgehead atoms. The van der Waals surface area contributed by atoms with Gasteiger partial charge >= 0.3 is 6.03 Å². The molecule has 1 saturated heterocycles. The Balaban J connectivity index is 1.30. The second kappa shape index (κ2) is 10.2. The number of nitrogens with zero attached hydrogens (tertiary/aromatic N) is 4. The van der Waals surface area contributed by atoms with Crippen LogP contribution in [0.2, 0.25) is 0 Å². The number of hydrogen-bond acceptors (Lipinski definition) is 5. The van der Waals surface area contributed by atoms with E-state index in [2.05, 4.69) is 16.4 Å². The van der Waals surface area contributed by atoms with Crippen LogP contribution in [0.5, 0.6) is 0 Å². The van der Waals surface area contributed by atoms with Gasteiger partial charge in [0.15, 0.2) is 0 Å². The minimum absolute atomic E-state index is 0.157. The summed E-state index contributed by atoms with van der Waals surface area (Å²) >= 11 is 0. The van der Waals surface area contributed by atoms with E-state index < -0.39 is 11.0 Å². The van der Waals surface area contributed by atoms with Crippen LogP contribution in [0, 0.1) is 16.7 Å². The van der Waals surface area contributed by atoms with E-state index in [1.54, 1.807) is 23.1 Å². The summed E-state index contributed by atoms with van der Waals surface area (Å²) in [6.45, 7) is 1.33. The van der Waals surface area contributed by atoms with Crippen molar-refractivity contribution in [2.24, 2.45) is 5.41 Å². The summed E-state index contributed by atoms with van der Waals surface area (Å²) in [6.07, 6.45) is 5.50. The maximum absolute atomic E-state index is 13.1. The molecule has 37 heavy (non-hydrogen) atoms. The first-order valence-electron chi connectivity index (χ1n) is 12.8.